The van der Waals surface area contributed by atoms with Gasteiger partial charge < -0.3 is 14.7 Å². The third-order valence-electron chi connectivity index (χ3n) is 28.4. The van der Waals surface area contributed by atoms with Crippen LogP contribution in [-0.4, -0.2) is 12.3 Å². The van der Waals surface area contributed by atoms with Crippen molar-refractivity contribution in [2.45, 2.75) is 225 Å². The van der Waals surface area contributed by atoms with Crippen LogP contribution in [0.2, 0.25) is 0 Å². The molecule has 3 aliphatic heterocycles. The fourth-order valence-electron chi connectivity index (χ4n) is 21.9. The van der Waals surface area contributed by atoms with Crippen molar-refractivity contribution in [2.24, 2.45) is 0 Å². The van der Waals surface area contributed by atoms with Crippen molar-refractivity contribution in [3.8, 4) is 22.3 Å². The minimum atomic E-state index is -0.323. The predicted molar refractivity (Wildman–Crippen MR) is 448 cm³/mol. The van der Waals surface area contributed by atoms with Crippen LogP contribution in [0.25, 0.3) is 22.3 Å². The highest BCUT2D eigenvalue weighted by molar-refractivity contribution is 7.00. The van der Waals surface area contributed by atoms with Crippen LogP contribution < -0.4 is 31.1 Å². The van der Waals surface area contributed by atoms with Crippen LogP contribution >= 0.6 is 0 Å². The maximum absolute atomic E-state index is 2.90. The number of benzene rings is 11. The normalized spacial score (nSPS) is 20.9. The number of aryl methyl sites for hydroxylation is 1. The van der Waals surface area contributed by atoms with Gasteiger partial charge in [0.15, 0.2) is 0 Å². The van der Waals surface area contributed by atoms with Crippen molar-refractivity contribution in [3.63, 3.8) is 0 Å². The van der Waals surface area contributed by atoms with E-state index in [-0.39, 0.29) is 61.0 Å². The molecule has 4 heteroatoms. The molecule has 1 saturated carbocycles. The van der Waals surface area contributed by atoms with Crippen molar-refractivity contribution >= 4 is 68.6 Å². The van der Waals surface area contributed by atoms with E-state index in [9.17, 15) is 0 Å². The lowest BCUT2D eigenvalue weighted by Gasteiger charge is -2.52. The molecule has 2 unspecified atom stereocenters. The van der Waals surface area contributed by atoms with Gasteiger partial charge in [-0.1, -0.05) is 302 Å². The third-order valence-corrected chi connectivity index (χ3v) is 28.4. The van der Waals surface area contributed by atoms with Crippen LogP contribution in [0.4, 0.5) is 45.5 Å². The molecular formula is C101H106BN3. The monoisotopic (exact) mass is 1370 g/mol. The second-order valence-electron chi connectivity index (χ2n) is 38.5. The minimum Gasteiger partial charge on any atom is -0.334 e. The van der Waals surface area contributed by atoms with Crippen LogP contribution in [0.5, 0.6) is 0 Å². The van der Waals surface area contributed by atoms with Gasteiger partial charge in [-0.05, 0) is 214 Å². The second kappa shape index (κ2) is 22.0. The number of anilines is 8. The van der Waals surface area contributed by atoms with Crippen molar-refractivity contribution in [3.05, 3.63) is 301 Å². The van der Waals surface area contributed by atoms with Gasteiger partial charge in [0.05, 0.1) is 11.2 Å². The Morgan fingerprint density at radius 3 is 1.16 bits per heavy atom. The van der Waals surface area contributed by atoms with Gasteiger partial charge in [-0.15, -0.1) is 0 Å². The van der Waals surface area contributed by atoms with Crippen LogP contribution in [0.3, 0.4) is 0 Å². The molecule has 11 aromatic rings. The molecule has 0 saturated heterocycles. The largest absolute Gasteiger partial charge is 0.334 e. The molecule has 0 spiro atoms. The second-order valence-corrected chi connectivity index (χ2v) is 38.5. The Morgan fingerprint density at radius 1 is 0.305 bits per heavy atom. The number of rotatable bonds is 5. The average Bonchev–Trinajstić information content (AvgIpc) is 1.68. The first-order valence-corrected chi connectivity index (χ1v) is 39.4. The molecule has 0 N–H and O–H groups in total. The zero-order chi connectivity index (χ0) is 73.8. The molecule has 7 aliphatic rings. The molecule has 105 heavy (non-hydrogen) atoms. The van der Waals surface area contributed by atoms with Gasteiger partial charge in [0.2, 0.25) is 0 Å². The summed E-state index contributed by atoms with van der Waals surface area (Å²) >= 11 is 0. The van der Waals surface area contributed by atoms with E-state index in [0.29, 0.717) is 0 Å². The Morgan fingerprint density at radius 2 is 0.695 bits per heavy atom. The molecule has 0 bridgehead atoms. The van der Waals surface area contributed by atoms with Crippen LogP contribution in [0.15, 0.2) is 212 Å². The Bertz CT molecular complexity index is 5520. The predicted octanol–water partition coefficient (Wildman–Crippen LogP) is 24.6. The summed E-state index contributed by atoms with van der Waals surface area (Å²) in [5, 5.41) is 0. The fraction of sp³-hybridized carbons (Fsp3) is 0.347. The van der Waals surface area contributed by atoms with Crippen LogP contribution in [-0.2, 0) is 48.7 Å². The van der Waals surface area contributed by atoms with Gasteiger partial charge in [0.1, 0.15) is 0 Å². The lowest BCUT2D eigenvalue weighted by molar-refractivity contribution is 0.195. The summed E-state index contributed by atoms with van der Waals surface area (Å²) in [4.78, 5) is 8.55. The maximum atomic E-state index is 2.90. The summed E-state index contributed by atoms with van der Waals surface area (Å²) in [5.41, 5.74) is 39.1. The van der Waals surface area contributed by atoms with Crippen molar-refractivity contribution in [1.29, 1.82) is 0 Å². The molecule has 528 valence electrons. The third kappa shape index (κ3) is 9.23. The van der Waals surface area contributed by atoms with E-state index in [4.69, 9.17) is 0 Å². The Labute approximate surface area is 628 Å². The fourth-order valence-corrected chi connectivity index (χ4v) is 21.9. The van der Waals surface area contributed by atoms with Crippen molar-refractivity contribution in [1.82, 2.24) is 0 Å². The van der Waals surface area contributed by atoms with Gasteiger partial charge in [0, 0.05) is 83.3 Å². The Hall–Kier alpha value is -9.12. The molecule has 0 amide bonds. The molecule has 0 aromatic heterocycles. The van der Waals surface area contributed by atoms with E-state index < -0.39 is 0 Å². The summed E-state index contributed by atoms with van der Waals surface area (Å²) in [6, 6.07) is 85.7. The number of hydrogen-bond acceptors (Lipinski definition) is 3. The molecule has 1 fully saturated rings. The van der Waals surface area contributed by atoms with E-state index in [2.05, 4.69) is 372 Å². The zero-order valence-corrected chi connectivity index (χ0v) is 66.5. The molecule has 4 aliphatic carbocycles. The summed E-state index contributed by atoms with van der Waals surface area (Å²) in [5.74, 6) is 0. The van der Waals surface area contributed by atoms with Crippen LogP contribution in [0.1, 0.15) is 253 Å². The topological polar surface area (TPSA) is 9.72 Å². The highest BCUT2D eigenvalue weighted by Gasteiger charge is 2.59. The first kappa shape index (κ1) is 67.7. The van der Waals surface area contributed by atoms with Gasteiger partial charge in [0.25, 0.3) is 6.71 Å². The zero-order valence-electron chi connectivity index (χ0n) is 66.5. The van der Waals surface area contributed by atoms with Gasteiger partial charge in [-0.2, -0.15) is 0 Å². The lowest BCUT2D eigenvalue weighted by Crippen LogP contribution is -2.62. The first-order valence-electron chi connectivity index (χ1n) is 39.4. The standard InChI is InChI=1S/C101H106BN3/c1-61-51-75-78(97(14,15)72-38-28-25-35-69(72)94(75,8)9)58-86(61)104-88-60-80-77(96(12,13)71-37-27-30-40-74(71)99(80,18)19)57-83(88)102-82-56-76-79(98(16,17)73-39-29-26-36-70(73)95(76,10)11)59-87(82)103(84-48-46-66(93(5,6)7)53-68(84)63-33-23-22-24-34-63)89-54-67(55-90(104)91(89)102)105-85-47-43-64(62-41-44-65(45-42-62)92(2,3)4)52-81(85)100(20)49-31-32-50-101(100,105)21/h22-30,33-48,51-60H,31-32,49-50H2,1-21H3. The smallest absolute Gasteiger partial charge is 0.252 e. The number of fused-ring (bicyclic) bond motifs is 13. The van der Waals surface area contributed by atoms with E-state index >= 15 is 0 Å². The molecular weight excluding hydrogens is 1270 g/mol. The minimum absolute atomic E-state index is 0.0630. The average molecular weight is 1370 g/mol. The molecule has 3 nitrogen and oxygen atoms in total. The Balaban J connectivity index is 1.01. The van der Waals surface area contributed by atoms with Crippen molar-refractivity contribution < 1.29 is 0 Å². The molecule has 3 heterocycles. The highest BCUT2D eigenvalue weighted by Crippen LogP contribution is 2.64. The number of hydrogen-bond donors (Lipinski definition) is 0. The summed E-state index contributed by atoms with van der Waals surface area (Å²) in [6.45, 7) is 51.6. The van der Waals surface area contributed by atoms with Crippen molar-refractivity contribution in [2.75, 3.05) is 14.7 Å². The van der Waals surface area contributed by atoms with E-state index in [0.717, 1.165) is 12.8 Å². The summed E-state index contributed by atoms with van der Waals surface area (Å²) < 4.78 is 0. The molecule has 0 radical (unpaired) electrons. The van der Waals surface area contributed by atoms with Gasteiger partial charge in [-0.3, -0.25) is 0 Å². The Kier molecular flexibility index (Phi) is 14.2. The molecule has 18 rings (SSSR count). The molecule has 11 aromatic carbocycles. The lowest BCUT2D eigenvalue weighted by atomic mass is 9.32. The van der Waals surface area contributed by atoms with E-state index in [1.165, 1.54) is 186 Å². The molecule has 2 atom stereocenters. The maximum Gasteiger partial charge on any atom is 0.252 e. The SMILES string of the molecule is Cc1cc2c(cc1N1c3cc4c(cc3B3c5cc6c(cc5N(c5ccc(C(C)(C)C)cc5-c5ccccc5)c5cc(N7c8ccc(-c9ccc(C(C)(C)C)cc9)cc8C8(C)CCCCC78C)cc1c53)C(C)(C)c1ccccc1C6(C)C)C(C)(C)c1ccccc1C4(C)C)C(C)(C)c1ccccc1C2(C)C. The highest BCUT2D eigenvalue weighted by atomic mass is 15.3. The van der Waals surface area contributed by atoms with Gasteiger partial charge >= 0.3 is 0 Å². The van der Waals surface area contributed by atoms with E-state index in [1.54, 1.807) is 0 Å². The first-order chi connectivity index (χ1) is 49.5. The quantitative estimate of drug-likeness (QED) is 0.159. The van der Waals surface area contributed by atoms with E-state index in [1.807, 2.05) is 0 Å². The van der Waals surface area contributed by atoms with Gasteiger partial charge in [-0.25, -0.2) is 0 Å². The number of nitrogens with zero attached hydrogens (tertiary/aromatic N) is 3. The van der Waals surface area contributed by atoms with Crippen LogP contribution in [0, 0.1) is 6.92 Å². The summed E-state index contributed by atoms with van der Waals surface area (Å²) in [6.07, 6.45) is 4.55. The summed E-state index contributed by atoms with van der Waals surface area (Å²) in [7, 11) is 0.